The maximum absolute atomic E-state index is 5.99. The van der Waals surface area contributed by atoms with Gasteiger partial charge in [-0.25, -0.2) is 4.98 Å². The Balaban J connectivity index is 1.52. The van der Waals surface area contributed by atoms with Crippen molar-refractivity contribution >= 4 is 5.82 Å². The van der Waals surface area contributed by atoms with Crippen molar-refractivity contribution in [1.29, 1.82) is 0 Å². The molecule has 0 saturated carbocycles. The van der Waals surface area contributed by atoms with Gasteiger partial charge in [-0.1, -0.05) is 18.2 Å². The zero-order valence-corrected chi connectivity index (χ0v) is 14.1. The van der Waals surface area contributed by atoms with Crippen LogP contribution in [0.25, 0.3) is 0 Å². The Bertz CT molecular complexity index is 644. The first-order valence-electron chi connectivity index (χ1n) is 8.34. The van der Waals surface area contributed by atoms with Crippen LogP contribution < -0.4 is 10.1 Å². The summed E-state index contributed by atoms with van der Waals surface area (Å²) in [5, 5.41) is 3.30. The lowest BCUT2D eigenvalue weighted by atomic mass is 10.2. The molecule has 1 aromatic carbocycles. The van der Waals surface area contributed by atoms with Gasteiger partial charge in [-0.15, -0.1) is 0 Å². The highest BCUT2D eigenvalue weighted by Crippen LogP contribution is 2.19. The number of nitrogens with zero attached hydrogens (tertiary/aromatic N) is 3. The number of para-hydroxylation sites is 1. The van der Waals surface area contributed by atoms with Crippen molar-refractivity contribution < 1.29 is 9.47 Å². The average molecular weight is 328 g/mol. The van der Waals surface area contributed by atoms with Crippen LogP contribution in [0.1, 0.15) is 11.3 Å². The quantitative estimate of drug-likeness (QED) is 0.840. The van der Waals surface area contributed by atoms with Crippen molar-refractivity contribution in [2.45, 2.75) is 13.5 Å². The van der Waals surface area contributed by atoms with E-state index in [9.17, 15) is 0 Å². The summed E-state index contributed by atoms with van der Waals surface area (Å²) in [6.45, 7) is 7.80. The van der Waals surface area contributed by atoms with Crippen LogP contribution in [-0.4, -0.2) is 54.3 Å². The third-order valence-electron chi connectivity index (χ3n) is 3.96. The van der Waals surface area contributed by atoms with Crippen molar-refractivity contribution in [3.63, 3.8) is 0 Å². The van der Waals surface area contributed by atoms with Gasteiger partial charge in [-0.2, -0.15) is 0 Å². The fourth-order valence-electron chi connectivity index (χ4n) is 2.63. The summed E-state index contributed by atoms with van der Waals surface area (Å²) in [4.78, 5) is 10.9. The molecule has 0 unspecified atom stereocenters. The highest BCUT2D eigenvalue weighted by atomic mass is 16.5. The van der Waals surface area contributed by atoms with Gasteiger partial charge < -0.3 is 14.8 Å². The van der Waals surface area contributed by atoms with Gasteiger partial charge in [-0.3, -0.25) is 9.88 Å². The van der Waals surface area contributed by atoms with E-state index in [1.165, 1.54) is 0 Å². The number of hydrogen-bond donors (Lipinski definition) is 1. The van der Waals surface area contributed by atoms with Crippen LogP contribution in [0.2, 0.25) is 0 Å². The molecular weight excluding hydrogens is 304 g/mol. The number of aromatic nitrogens is 2. The molecule has 1 saturated heterocycles. The van der Waals surface area contributed by atoms with Crippen LogP contribution in [0.4, 0.5) is 5.82 Å². The zero-order chi connectivity index (χ0) is 16.6. The number of morpholine rings is 1. The summed E-state index contributed by atoms with van der Waals surface area (Å²) in [5.74, 6) is 1.69. The molecule has 0 amide bonds. The summed E-state index contributed by atoms with van der Waals surface area (Å²) in [6, 6.07) is 8.10. The summed E-state index contributed by atoms with van der Waals surface area (Å²) in [6.07, 6.45) is 3.47. The Morgan fingerprint density at radius 3 is 2.88 bits per heavy atom. The Morgan fingerprint density at radius 1 is 1.21 bits per heavy atom. The standard InChI is InChI=1S/C18H24N4O2/c1-15-12-19-14-18(21-15)20-13-16-4-2-3-5-17(16)24-11-8-22-6-9-23-10-7-22/h2-5,12,14H,6-11,13H2,1H3,(H,20,21). The molecule has 1 aliphatic rings. The molecule has 1 aromatic heterocycles. The smallest absolute Gasteiger partial charge is 0.145 e. The highest BCUT2D eigenvalue weighted by Gasteiger charge is 2.10. The number of benzene rings is 1. The Hall–Kier alpha value is -2.18. The van der Waals surface area contributed by atoms with E-state index in [0.717, 1.165) is 55.7 Å². The SMILES string of the molecule is Cc1cncc(NCc2ccccc2OCCN2CCOCC2)n1. The largest absolute Gasteiger partial charge is 0.492 e. The molecule has 0 atom stereocenters. The van der Waals surface area contributed by atoms with Crippen LogP contribution >= 0.6 is 0 Å². The molecule has 6 nitrogen and oxygen atoms in total. The van der Waals surface area contributed by atoms with E-state index in [0.29, 0.717) is 13.2 Å². The minimum absolute atomic E-state index is 0.659. The van der Waals surface area contributed by atoms with Gasteiger partial charge in [0.05, 0.1) is 25.1 Å². The third-order valence-corrected chi connectivity index (χ3v) is 3.96. The molecule has 0 spiro atoms. The fourth-order valence-corrected chi connectivity index (χ4v) is 2.63. The summed E-state index contributed by atoms with van der Waals surface area (Å²) in [5.41, 5.74) is 2.01. The lowest BCUT2D eigenvalue weighted by Crippen LogP contribution is -2.38. The van der Waals surface area contributed by atoms with Crippen LogP contribution in [0.5, 0.6) is 5.75 Å². The molecule has 1 fully saturated rings. The molecule has 0 radical (unpaired) electrons. The number of rotatable bonds is 7. The van der Waals surface area contributed by atoms with Crippen molar-refractivity contribution in [2.24, 2.45) is 0 Å². The van der Waals surface area contributed by atoms with Crippen LogP contribution in [-0.2, 0) is 11.3 Å². The van der Waals surface area contributed by atoms with E-state index in [2.05, 4.69) is 26.3 Å². The number of anilines is 1. The van der Waals surface area contributed by atoms with Crippen molar-refractivity contribution in [3.8, 4) is 5.75 Å². The van der Waals surface area contributed by atoms with Gasteiger partial charge >= 0.3 is 0 Å². The number of nitrogens with one attached hydrogen (secondary N) is 1. The first-order chi connectivity index (χ1) is 11.8. The summed E-state index contributed by atoms with van der Waals surface area (Å²) < 4.78 is 11.4. The number of aryl methyl sites for hydroxylation is 1. The monoisotopic (exact) mass is 328 g/mol. The van der Waals surface area contributed by atoms with Gasteiger partial charge in [0.25, 0.3) is 0 Å². The number of hydrogen-bond acceptors (Lipinski definition) is 6. The predicted octanol–water partition coefficient (Wildman–Crippen LogP) is 2.11. The molecule has 1 N–H and O–H groups in total. The third kappa shape index (κ3) is 4.91. The summed E-state index contributed by atoms with van der Waals surface area (Å²) in [7, 11) is 0. The second-order valence-corrected chi connectivity index (χ2v) is 5.81. The minimum atomic E-state index is 0.659. The summed E-state index contributed by atoms with van der Waals surface area (Å²) >= 11 is 0. The van der Waals surface area contributed by atoms with E-state index in [-0.39, 0.29) is 0 Å². The second kappa shape index (κ2) is 8.61. The molecule has 1 aliphatic heterocycles. The topological polar surface area (TPSA) is 59.5 Å². The van der Waals surface area contributed by atoms with E-state index in [1.54, 1.807) is 12.4 Å². The van der Waals surface area contributed by atoms with Crippen LogP contribution in [0.15, 0.2) is 36.7 Å². The van der Waals surface area contributed by atoms with Crippen LogP contribution in [0.3, 0.4) is 0 Å². The molecule has 6 heteroatoms. The minimum Gasteiger partial charge on any atom is -0.492 e. The molecule has 0 aliphatic carbocycles. The maximum atomic E-state index is 5.99. The molecular formula is C18H24N4O2. The highest BCUT2D eigenvalue weighted by molar-refractivity contribution is 5.38. The lowest BCUT2D eigenvalue weighted by Gasteiger charge is -2.26. The van der Waals surface area contributed by atoms with Crippen molar-refractivity contribution in [2.75, 3.05) is 44.8 Å². The zero-order valence-electron chi connectivity index (χ0n) is 14.1. The van der Waals surface area contributed by atoms with Crippen LogP contribution in [0, 0.1) is 6.92 Å². The van der Waals surface area contributed by atoms with E-state index in [4.69, 9.17) is 9.47 Å². The van der Waals surface area contributed by atoms with E-state index >= 15 is 0 Å². The lowest BCUT2D eigenvalue weighted by molar-refractivity contribution is 0.0322. The Morgan fingerprint density at radius 2 is 2.04 bits per heavy atom. The number of ether oxygens (including phenoxy) is 2. The van der Waals surface area contributed by atoms with Gasteiger partial charge in [0.2, 0.25) is 0 Å². The van der Waals surface area contributed by atoms with Crippen molar-refractivity contribution in [1.82, 2.24) is 14.9 Å². The molecule has 24 heavy (non-hydrogen) atoms. The molecule has 3 rings (SSSR count). The molecule has 2 heterocycles. The Labute approximate surface area is 142 Å². The van der Waals surface area contributed by atoms with Gasteiger partial charge in [0.1, 0.15) is 18.2 Å². The van der Waals surface area contributed by atoms with Gasteiger partial charge in [-0.05, 0) is 13.0 Å². The van der Waals surface area contributed by atoms with Gasteiger partial charge in [0, 0.05) is 37.9 Å². The molecule has 128 valence electrons. The Kier molecular flexibility index (Phi) is 5.98. The first kappa shape index (κ1) is 16.7. The van der Waals surface area contributed by atoms with E-state index in [1.807, 2.05) is 25.1 Å². The normalized spacial score (nSPS) is 15.2. The fraction of sp³-hybridized carbons (Fsp3) is 0.444. The molecule has 0 bridgehead atoms. The average Bonchev–Trinajstić information content (AvgIpc) is 2.62. The predicted molar refractivity (Wildman–Crippen MR) is 93.3 cm³/mol. The maximum Gasteiger partial charge on any atom is 0.145 e. The second-order valence-electron chi connectivity index (χ2n) is 5.81. The van der Waals surface area contributed by atoms with E-state index < -0.39 is 0 Å². The van der Waals surface area contributed by atoms with Crippen molar-refractivity contribution in [3.05, 3.63) is 47.9 Å². The van der Waals surface area contributed by atoms with Gasteiger partial charge in [0.15, 0.2) is 0 Å². The first-order valence-corrected chi connectivity index (χ1v) is 8.34. The molecule has 2 aromatic rings.